The van der Waals surface area contributed by atoms with Gasteiger partial charge in [0.1, 0.15) is 11.7 Å². The van der Waals surface area contributed by atoms with Gasteiger partial charge in [-0.3, -0.25) is 9.57 Å². The third-order valence-electron chi connectivity index (χ3n) is 2.10. The first-order valence-corrected chi connectivity index (χ1v) is 6.84. The van der Waals surface area contributed by atoms with E-state index in [1.807, 2.05) is 0 Å². The summed E-state index contributed by atoms with van der Waals surface area (Å²) >= 11 is 0. The van der Waals surface area contributed by atoms with Crippen LogP contribution in [0.2, 0.25) is 0 Å². The summed E-state index contributed by atoms with van der Waals surface area (Å²) in [7, 11) is -2.93. The number of aliphatic carboxylic acids is 1. The summed E-state index contributed by atoms with van der Waals surface area (Å²) in [4.78, 5) is 10.4. The molecule has 5 nitrogen and oxygen atoms in total. The first kappa shape index (κ1) is 15.3. The van der Waals surface area contributed by atoms with Gasteiger partial charge >= 0.3 is 5.97 Å². The Morgan fingerprint density at radius 1 is 1.56 bits per heavy atom. The second-order valence-electron chi connectivity index (χ2n) is 4.42. The average molecular weight is 254 g/mol. The summed E-state index contributed by atoms with van der Waals surface area (Å²) in [6, 6.07) is -1.11. The molecule has 2 atom stereocenters. The number of hydrogen-bond acceptors (Lipinski definition) is 4. The predicted molar refractivity (Wildman–Crippen MR) is 60.6 cm³/mol. The maximum atomic E-state index is 13.1. The van der Waals surface area contributed by atoms with Crippen LogP contribution in [0.3, 0.4) is 0 Å². The number of carboxylic acid groups (broad SMARTS) is 1. The number of hydrogen-bond donors (Lipinski definition) is 3. The van der Waals surface area contributed by atoms with Crippen molar-refractivity contribution in [3.8, 4) is 0 Å². The van der Waals surface area contributed by atoms with E-state index < -0.39 is 27.4 Å². The SMILES string of the molecule is CC(C)(F)CCS(=N)(=O)CC[C@H](N)C(=O)O. The zero-order valence-corrected chi connectivity index (χ0v) is 10.3. The van der Waals surface area contributed by atoms with Crippen LogP contribution in [0.25, 0.3) is 0 Å². The second-order valence-corrected chi connectivity index (χ2v) is 6.86. The van der Waals surface area contributed by atoms with Crippen molar-refractivity contribution in [1.82, 2.24) is 0 Å². The van der Waals surface area contributed by atoms with Crippen molar-refractivity contribution in [2.75, 3.05) is 11.5 Å². The third kappa shape index (κ3) is 7.58. The Morgan fingerprint density at radius 2 is 2.06 bits per heavy atom. The highest BCUT2D eigenvalue weighted by atomic mass is 32.2. The molecule has 0 spiro atoms. The molecule has 0 fully saturated rings. The van der Waals surface area contributed by atoms with Crippen LogP contribution in [-0.4, -0.2) is 38.5 Å². The van der Waals surface area contributed by atoms with Crippen molar-refractivity contribution in [2.24, 2.45) is 5.73 Å². The van der Waals surface area contributed by atoms with Gasteiger partial charge in [-0.15, -0.1) is 0 Å². The normalized spacial score (nSPS) is 17.8. The van der Waals surface area contributed by atoms with Crippen LogP contribution in [0, 0.1) is 4.78 Å². The molecular formula is C9H19FN2O3S. The minimum absolute atomic E-state index is 0.0234. The van der Waals surface area contributed by atoms with Crippen LogP contribution in [0.15, 0.2) is 0 Å². The van der Waals surface area contributed by atoms with Crippen molar-refractivity contribution in [2.45, 2.75) is 38.4 Å². The number of nitrogens with one attached hydrogen (secondary N) is 1. The number of halogens is 1. The lowest BCUT2D eigenvalue weighted by Crippen LogP contribution is -2.32. The molecule has 0 rings (SSSR count). The molecule has 0 heterocycles. The van der Waals surface area contributed by atoms with Crippen LogP contribution in [0.1, 0.15) is 26.7 Å². The van der Waals surface area contributed by atoms with Gasteiger partial charge in [-0.1, -0.05) is 0 Å². The molecule has 0 radical (unpaired) electrons. The number of nitrogens with two attached hydrogens (primary N) is 1. The third-order valence-corrected chi connectivity index (χ3v) is 3.86. The van der Waals surface area contributed by atoms with E-state index in [-0.39, 0.29) is 24.3 Å². The molecule has 7 heteroatoms. The largest absolute Gasteiger partial charge is 0.480 e. The second kappa shape index (κ2) is 5.58. The standard InChI is InChI=1S/C9H19FN2O3S/c1-9(2,10)4-6-16(12,15)5-3-7(11)8(13)14/h7,12H,3-6,11H2,1-2H3,(H,13,14)/t7-,16?/m0/s1. The number of rotatable bonds is 7. The minimum Gasteiger partial charge on any atom is -0.480 e. The summed E-state index contributed by atoms with van der Waals surface area (Å²) in [6.07, 6.45) is 0.00201. The fourth-order valence-corrected chi connectivity index (χ4v) is 2.60. The fourth-order valence-electron chi connectivity index (χ4n) is 0.950. The Labute approximate surface area is 95.2 Å². The zero-order valence-electron chi connectivity index (χ0n) is 9.53. The lowest BCUT2D eigenvalue weighted by atomic mass is 10.1. The van der Waals surface area contributed by atoms with Gasteiger partial charge in [0, 0.05) is 21.2 Å². The summed E-state index contributed by atoms with van der Waals surface area (Å²) in [5, 5.41) is 8.50. The maximum absolute atomic E-state index is 13.1. The smallest absolute Gasteiger partial charge is 0.320 e. The van der Waals surface area contributed by atoms with Gasteiger partial charge in [0.05, 0.1) is 0 Å². The van der Waals surface area contributed by atoms with Crippen molar-refractivity contribution in [1.29, 1.82) is 4.78 Å². The molecule has 0 saturated carbocycles. The first-order valence-electron chi connectivity index (χ1n) is 4.95. The fraction of sp³-hybridized carbons (Fsp3) is 0.889. The quantitative estimate of drug-likeness (QED) is 0.629. The van der Waals surface area contributed by atoms with E-state index in [0.29, 0.717) is 0 Å². The molecule has 4 N–H and O–H groups in total. The summed E-state index contributed by atoms with van der Waals surface area (Å²) in [5.41, 5.74) is 3.76. The van der Waals surface area contributed by atoms with Gasteiger partial charge in [0.15, 0.2) is 0 Å². The minimum atomic E-state index is -2.93. The number of carbonyl (C=O) groups is 1. The van der Waals surface area contributed by atoms with Gasteiger partial charge < -0.3 is 10.8 Å². The maximum Gasteiger partial charge on any atom is 0.320 e. The van der Waals surface area contributed by atoms with E-state index in [9.17, 15) is 13.4 Å². The molecule has 1 unspecified atom stereocenters. The number of carboxylic acids is 1. The summed E-state index contributed by atoms with van der Waals surface area (Å²) < 4.78 is 32.2. The average Bonchev–Trinajstić information content (AvgIpc) is 2.10. The topological polar surface area (TPSA) is 104 Å². The molecule has 0 aliphatic carbocycles. The van der Waals surface area contributed by atoms with Crippen LogP contribution in [-0.2, 0) is 14.5 Å². The van der Waals surface area contributed by atoms with E-state index in [0.717, 1.165) is 0 Å². The van der Waals surface area contributed by atoms with Gasteiger partial charge in [0.25, 0.3) is 0 Å². The zero-order chi connectivity index (χ0) is 13.0. The molecule has 0 aliphatic heterocycles. The molecule has 0 aromatic heterocycles. The van der Waals surface area contributed by atoms with Crippen LogP contribution < -0.4 is 5.73 Å². The Bertz CT molecular complexity index is 335. The van der Waals surface area contributed by atoms with Gasteiger partial charge in [-0.2, -0.15) is 0 Å². The highest BCUT2D eigenvalue weighted by molar-refractivity contribution is 7.92. The molecular weight excluding hydrogens is 235 g/mol. The van der Waals surface area contributed by atoms with E-state index in [4.69, 9.17) is 15.6 Å². The van der Waals surface area contributed by atoms with E-state index >= 15 is 0 Å². The monoisotopic (exact) mass is 254 g/mol. The Morgan fingerprint density at radius 3 is 2.44 bits per heavy atom. The van der Waals surface area contributed by atoms with E-state index in [1.165, 1.54) is 13.8 Å². The summed E-state index contributed by atoms with van der Waals surface area (Å²) in [6.45, 7) is 2.71. The van der Waals surface area contributed by atoms with Gasteiger partial charge in [-0.25, -0.2) is 8.60 Å². The van der Waals surface area contributed by atoms with Gasteiger partial charge in [-0.05, 0) is 26.7 Å². The molecule has 96 valence electrons. The predicted octanol–water partition coefficient (Wildman–Crippen LogP) is 0.973. The van der Waals surface area contributed by atoms with E-state index in [1.54, 1.807) is 0 Å². The van der Waals surface area contributed by atoms with Crippen LogP contribution in [0.4, 0.5) is 4.39 Å². The molecule has 0 aromatic rings. The van der Waals surface area contributed by atoms with Gasteiger partial charge in [0.2, 0.25) is 0 Å². The molecule has 0 amide bonds. The van der Waals surface area contributed by atoms with Crippen LogP contribution in [0.5, 0.6) is 0 Å². The lowest BCUT2D eigenvalue weighted by Gasteiger charge is -2.15. The first-order chi connectivity index (χ1) is 7.03. The highest BCUT2D eigenvalue weighted by Gasteiger charge is 2.20. The van der Waals surface area contributed by atoms with Crippen molar-refractivity contribution in [3.05, 3.63) is 0 Å². The molecule has 0 aliphatic rings. The lowest BCUT2D eigenvalue weighted by molar-refractivity contribution is -0.138. The number of alkyl halides is 1. The van der Waals surface area contributed by atoms with E-state index in [2.05, 4.69) is 0 Å². The Balaban J connectivity index is 4.12. The molecule has 0 aromatic carbocycles. The Kier molecular flexibility index (Phi) is 5.34. The van der Waals surface area contributed by atoms with Crippen molar-refractivity contribution >= 4 is 15.7 Å². The van der Waals surface area contributed by atoms with Crippen molar-refractivity contribution < 1.29 is 18.5 Å². The molecule has 0 saturated heterocycles. The Hall–Kier alpha value is -0.690. The highest BCUT2D eigenvalue weighted by Crippen LogP contribution is 2.15. The molecule has 16 heavy (non-hydrogen) atoms. The summed E-state index contributed by atoms with van der Waals surface area (Å²) in [5.74, 6) is -1.35. The molecule has 0 bridgehead atoms. The van der Waals surface area contributed by atoms with Crippen LogP contribution >= 0.6 is 0 Å². The van der Waals surface area contributed by atoms with Crippen molar-refractivity contribution in [3.63, 3.8) is 0 Å².